The summed E-state index contributed by atoms with van der Waals surface area (Å²) in [6.45, 7) is 10.8. The Balaban J connectivity index is 1.72. The van der Waals surface area contributed by atoms with Gasteiger partial charge in [-0.05, 0) is 18.3 Å². The molecule has 2 heterocycles. The first-order chi connectivity index (χ1) is 8.56. The molecule has 1 saturated heterocycles. The predicted molar refractivity (Wildman–Crippen MR) is 72.6 cm³/mol. The van der Waals surface area contributed by atoms with Crippen LogP contribution in [0.1, 0.15) is 31.2 Å². The number of rotatable bonds is 3. The normalized spacial score (nSPS) is 34.9. The molecule has 3 rings (SSSR count). The third-order valence-electron chi connectivity index (χ3n) is 4.33. The van der Waals surface area contributed by atoms with Crippen molar-refractivity contribution >= 4 is 11.3 Å². The summed E-state index contributed by atoms with van der Waals surface area (Å²) in [5.41, 5.74) is 1.29. The fourth-order valence-corrected chi connectivity index (χ4v) is 3.77. The van der Waals surface area contributed by atoms with E-state index < -0.39 is 0 Å². The molecule has 1 aliphatic carbocycles. The third-order valence-corrected chi connectivity index (χ3v) is 5.21. The molecule has 2 fully saturated rings. The Hall–Kier alpha value is -1.10. The van der Waals surface area contributed by atoms with E-state index in [4.69, 9.17) is 0 Å². The van der Waals surface area contributed by atoms with Crippen molar-refractivity contribution < 1.29 is 0 Å². The molecule has 0 amide bonds. The molecule has 1 N–H and O–H groups in total. The number of hydrogen-bond acceptors (Lipinski definition) is 4. The zero-order valence-corrected chi connectivity index (χ0v) is 11.7. The molecule has 2 aliphatic rings. The number of hydrogen-bond donors (Lipinski definition) is 1. The van der Waals surface area contributed by atoms with Gasteiger partial charge in [0.15, 0.2) is 0 Å². The van der Waals surface area contributed by atoms with Crippen LogP contribution in [0, 0.1) is 17.8 Å². The molecule has 0 bridgehead atoms. The lowest BCUT2D eigenvalue weighted by Crippen LogP contribution is -2.21. The Bertz CT molecular complexity index is 520. The van der Waals surface area contributed by atoms with Crippen LogP contribution in [0.2, 0.25) is 0 Å². The van der Waals surface area contributed by atoms with E-state index >= 15 is 0 Å². The lowest BCUT2D eigenvalue weighted by atomic mass is 9.99. The molecule has 4 nitrogen and oxygen atoms in total. The highest BCUT2D eigenvalue weighted by Gasteiger charge is 2.41. The molecule has 1 aromatic rings. The average Bonchev–Trinajstić information content (AvgIpc) is 2.74. The molecule has 18 heavy (non-hydrogen) atoms. The van der Waals surface area contributed by atoms with E-state index in [9.17, 15) is 4.79 Å². The van der Waals surface area contributed by atoms with E-state index in [0.717, 1.165) is 24.0 Å². The van der Waals surface area contributed by atoms with Gasteiger partial charge in [-0.15, -0.1) is 0 Å². The van der Waals surface area contributed by atoms with Gasteiger partial charge in [-0.2, -0.15) is 5.10 Å². The maximum Gasteiger partial charge on any atom is 0.322 e. The van der Waals surface area contributed by atoms with E-state index in [1.165, 1.54) is 23.5 Å². The van der Waals surface area contributed by atoms with Crippen molar-refractivity contribution in [3.8, 4) is 0 Å². The maximum absolute atomic E-state index is 11.2. The molecule has 2 unspecified atom stereocenters. The fourth-order valence-electron chi connectivity index (χ4n) is 2.94. The number of nitrogens with zero attached hydrogens (tertiary/aromatic N) is 2. The second-order valence-electron chi connectivity index (χ2n) is 5.75. The molecule has 1 aliphatic heterocycles. The second kappa shape index (κ2) is 4.23. The molecule has 0 spiro atoms. The van der Waals surface area contributed by atoms with Crippen molar-refractivity contribution in [3.05, 3.63) is 27.0 Å². The van der Waals surface area contributed by atoms with Crippen LogP contribution in [-0.2, 0) is 0 Å². The van der Waals surface area contributed by atoms with Gasteiger partial charge in [0.05, 0.1) is 0 Å². The minimum Gasteiger partial charge on any atom is -0.374 e. The molecule has 1 saturated carbocycles. The van der Waals surface area contributed by atoms with Crippen molar-refractivity contribution in [2.24, 2.45) is 17.8 Å². The van der Waals surface area contributed by atoms with Gasteiger partial charge in [-0.3, -0.25) is 4.79 Å². The summed E-state index contributed by atoms with van der Waals surface area (Å²) in [5.74, 6) is 2.40. The minimum absolute atomic E-state index is 0.0507. The quantitative estimate of drug-likeness (QED) is 0.910. The average molecular weight is 265 g/mol. The molecule has 98 valence electrons. The number of aromatic nitrogens is 2. The highest BCUT2D eigenvalue weighted by Crippen LogP contribution is 2.46. The SMILES string of the molecule is C=C(C1CC1C)N1C[C@@H](C)[C@@H](c2n[nH]c(=O)s2)C1. The zero-order valence-electron chi connectivity index (χ0n) is 10.8. The number of nitrogens with one attached hydrogen (secondary N) is 1. The standard InChI is InChI=1S/C13H19N3OS/c1-7-4-10(7)9(3)16-5-8(2)11(6-16)12-14-15-13(17)18-12/h7-8,10-11H,3-6H2,1-2H3,(H,15,17)/t7?,8-,10?,11+/m1/s1. The van der Waals surface area contributed by atoms with Crippen molar-refractivity contribution in [1.29, 1.82) is 0 Å². The van der Waals surface area contributed by atoms with Crippen LogP contribution in [-0.4, -0.2) is 28.2 Å². The number of aromatic amines is 1. The smallest absolute Gasteiger partial charge is 0.322 e. The highest BCUT2D eigenvalue weighted by atomic mass is 32.1. The van der Waals surface area contributed by atoms with Gasteiger partial charge in [-0.1, -0.05) is 31.8 Å². The molecule has 5 heteroatoms. The van der Waals surface area contributed by atoms with E-state index in [-0.39, 0.29) is 4.87 Å². The van der Waals surface area contributed by atoms with Crippen LogP contribution in [0.15, 0.2) is 17.1 Å². The van der Waals surface area contributed by atoms with Crippen LogP contribution in [0.4, 0.5) is 0 Å². The summed E-state index contributed by atoms with van der Waals surface area (Å²) in [4.78, 5) is 13.5. The summed E-state index contributed by atoms with van der Waals surface area (Å²) < 4.78 is 0. The fraction of sp³-hybridized carbons (Fsp3) is 0.692. The van der Waals surface area contributed by atoms with Crippen LogP contribution in [0.25, 0.3) is 0 Å². The summed E-state index contributed by atoms with van der Waals surface area (Å²) in [6.07, 6.45) is 1.28. The Morgan fingerprint density at radius 3 is 2.72 bits per heavy atom. The van der Waals surface area contributed by atoms with Gasteiger partial charge in [0.2, 0.25) is 0 Å². The van der Waals surface area contributed by atoms with Crippen molar-refractivity contribution in [3.63, 3.8) is 0 Å². The van der Waals surface area contributed by atoms with Crippen molar-refractivity contribution in [2.75, 3.05) is 13.1 Å². The van der Waals surface area contributed by atoms with Crippen molar-refractivity contribution in [1.82, 2.24) is 15.1 Å². The minimum atomic E-state index is -0.0507. The lowest BCUT2D eigenvalue weighted by molar-refractivity contribution is 0.384. The van der Waals surface area contributed by atoms with Crippen molar-refractivity contribution in [2.45, 2.75) is 26.2 Å². The van der Waals surface area contributed by atoms with E-state index in [1.54, 1.807) is 0 Å². The molecular formula is C13H19N3OS. The molecular weight excluding hydrogens is 246 g/mol. The maximum atomic E-state index is 11.2. The Morgan fingerprint density at radius 1 is 1.44 bits per heavy atom. The molecule has 4 atom stereocenters. The predicted octanol–water partition coefficient (Wildman–Crippen LogP) is 2.04. The number of H-pyrrole nitrogens is 1. The van der Waals surface area contributed by atoms with Gasteiger partial charge in [0, 0.05) is 30.6 Å². The zero-order chi connectivity index (χ0) is 12.9. The summed E-state index contributed by atoms with van der Waals surface area (Å²) >= 11 is 1.25. The van der Waals surface area contributed by atoms with Gasteiger partial charge in [-0.25, -0.2) is 5.10 Å². The molecule has 0 aromatic carbocycles. The monoisotopic (exact) mass is 265 g/mol. The van der Waals surface area contributed by atoms with Crippen LogP contribution < -0.4 is 4.87 Å². The molecule has 1 aromatic heterocycles. The third kappa shape index (κ3) is 2.00. The Kier molecular flexibility index (Phi) is 2.81. The summed E-state index contributed by atoms with van der Waals surface area (Å²) in [5, 5.41) is 7.62. The highest BCUT2D eigenvalue weighted by molar-refractivity contribution is 7.08. The van der Waals surface area contributed by atoms with Gasteiger partial charge in [0.25, 0.3) is 0 Å². The van der Waals surface area contributed by atoms with E-state index in [1.807, 2.05) is 0 Å². The Labute approximate surface area is 111 Å². The molecule has 0 radical (unpaired) electrons. The first kappa shape index (κ1) is 12.0. The first-order valence-corrected chi connectivity index (χ1v) is 7.37. The van der Waals surface area contributed by atoms with Crippen LogP contribution >= 0.6 is 11.3 Å². The number of allylic oxidation sites excluding steroid dienone is 1. The Morgan fingerprint density at radius 2 is 2.17 bits per heavy atom. The van der Waals surface area contributed by atoms with Gasteiger partial charge < -0.3 is 4.90 Å². The van der Waals surface area contributed by atoms with E-state index in [2.05, 4.69) is 35.5 Å². The number of likely N-dealkylation sites (tertiary alicyclic amines) is 1. The summed E-state index contributed by atoms with van der Waals surface area (Å²) in [6, 6.07) is 0. The topological polar surface area (TPSA) is 49.0 Å². The van der Waals surface area contributed by atoms with Crippen LogP contribution in [0.3, 0.4) is 0 Å². The first-order valence-electron chi connectivity index (χ1n) is 6.55. The lowest BCUT2D eigenvalue weighted by Gasteiger charge is -2.21. The summed E-state index contributed by atoms with van der Waals surface area (Å²) in [7, 11) is 0. The van der Waals surface area contributed by atoms with Gasteiger partial charge >= 0.3 is 4.87 Å². The van der Waals surface area contributed by atoms with Crippen LogP contribution in [0.5, 0.6) is 0 Å². The van der Waals surface area contributed by atoms with E-state index in [0.29, 0.717) is 17.8 Å². The van der Waals surface area contributed by atoms with Gasteiger partial charge in [0.1, 0.15) is 5.01 Å². The second-order valence-corrected chi connectivity index (χ2v) is 6.74. The largest absolute Gasteiger partial charge is 0.374 e.